The average Bonchev–Trinajstić information content (AvgIpc) is 2.89. The molecule has 0 aliphatic rings. The fraction of sp³-hybridized carbons (Fsp3) is 0.267. The highest BCUT2D eigenvalue weighted by Gasteiger charge is 2.11. The number of nitrogens with zero attached hydrogens (tertiary/aromatic N) is 3. The molecule has 1 aromatic carbocycles. The lowest BCUT2D eigenvalue weighted by Crippen LogP contribution is -2.25. The van der Waals surface area contributed by atoms with E-state index in [1.807, 2.05) is 20.0 Å². The molecule has 108 valence electrons. The molecule has 0 bridgehead atoms. The maximum Gasteiger partial charge on any atom is 0.251 e. The Kier molecular flexibility index (Phi) is 4.69. The van der Waals surface area contributed by atoms with Gasteiger partial charge in [0.1, 0.15) is 12.9 Å². The molecule has 0 saturated carbocycles. The number of carbonyl (C=O) groups excluding carboxylic acids is 1. The number of aryl methyl sites for hydroxylation is 1. The predicted octanol–water partition coefficient (Wildman–Crippen LogP) is 0.397. The van der Waals surface area contributed by atoms with Crippen molar-refractivity contribution in [3.63, 3.8) is 0 Å². The number of benzene rings is 1. The number of aliphatic hydroxyl groups excluding tert-OH is 1. The van der Waals surface area contributed by atoms with Crippen LogP contribution in [0.15, 0.2) is 24.5 Å². The van der Waals surface area contributed by atoms with E-state index in [0.29, 0.717) is 17.9 Å². The van der Waals surface area contributed by atoms with Gasteiger partial charge in [0.2, 0.25) is 0 Å². The Bertz CT molecular complexity index is 710. The highest BCUT2D eigenvalue weighted by atomic mass is 16.2. The molecular weight excluding hydrogens is 268 g/mol. The van der Waals surface area contributed by atoms with Gasteiger partial charge in [-0.15, -0.1) is 10.2 Å². The van der Waals surface area contributed by atoms with Crippen LogP contribution in [0.5, 0.6) is 0 Å². The second kappa shape index (κ2) is 6.68. The van der Waals surface area contributed by atoms with Gasteiger partial charge in [-0.3, -0.25) is 4.79 Å². The van der Waals surface area contributed by atoms with Crippen molar-refractivity contribution in [2.75, 3.05) is 6.61 Å². The van der Waals surface area contributed by atoms with Crippen LogP contribution in [0.1, 0.15) is 27.3 Å². The first kappa shape index (κ1) is 14.8. The Morgan fingerprint density at radius 2 is 2.29 bits per heavy atom. The van der Waals surface area contributed by atoms with E-state index in [2.05, 4.69) is 27.4 Å². The lowest BCUT2D eigenvalue weighted by molar-refractivity contribution is 0.0949. The number of carbonyl (C=O) groups is 1. The van der Waals surface area contributed by atoms with Crippen LogP contribution in [-0.4, -0.2) is 32.4 Å². The SMILES string of the molecule is Cc1c(C#CCO)cccc1C(=O)NCc1nncn1C. The van der Waals surface area contributed by atoms with Crippen LogP contribution in [0, 0.1) is 18.8 Å². The Morgan fingerprint density at radius 1 is 1.48 bits per heavy atom. The van der Waals surface area contributed by atoms with Gasteiger partial charge in [0.05, 0.1) is 6.54 Å². The minimum Gasteiger partial charge on any atom is -0.384 e. The molecule has 1 aromatic heterocycles. The molecule has 0 spiro atoms. The van der Waals surface area contributed by atoms with Gasteiger partial charge < -0.3 is 15.0 Å². The van der Waals surface area contributed by atoms with E-state index in [9.17, 15) is 4.79 Å². The molecule has 2 rings (SSSR count). The van der Waals surface area contributed by atoms with Crippen LogP contribution in [0.4, 0.5) is 0 Å². The third-order valence-corrected chi connectivity index (χ3v) is 3.09. The molecular formula is C15H16N4O2. The largest absolute Gasteiger partial charge is 0.384 e. The van der Waals surface area contributed by atoms with Crippen molar-refractivity contribution in [1.29, 1.82) is 0 Å². The van der Waals surface area contributed by atoms with Crippen LogP contribution in [0.3, 0.4) is 0 Å². The smallest absolute Gasteiger partial charge is 0.251 e. The zero-order valence-electron chi connectivity index (χ0n) is 11.9. The summed E-state index contributed by atoms with van der Waals surface area (Å²) in [5, 5.41) is 19.2. The summed E-state index contributed by atoms with van der Waals surface area (Å²) >= 11 is 0. The van der Waals surface area contributed by atoms with Gasteiger partial charge in [-0.25, -0.2) is 0 Å². The molecule has 1 heterocycles. The Hall–Kier alpha value is -2.65. The van der Waals surface area contributed by atoms with E-state index in [-0.39, 0.29) is 12.5 Å². The number of rotatable bonds is 3. The predicted molar refractivity (Wildman–Crippen MR) is 77.3 cm³/mol. The molecule has 0 fully saturated rings. The summed E-state index contributed by atoms with van der Waals surface area (Å²) in [5.74, 6) is 5.90. The summed E-state index contributed by atoms with van der Waals surface area (Å²) in [6.07, 6.45) is 1.58. The molecule has 1 amide bonds. The molecule has 0 saturated heterocycles. The van der Waals surface area contributed by atoms with Gasteiger partial charge in [-0.2, -0.15) is 0 Å². The minimum absolute atomic E-state index is 0.192. The van der Waals surface area contributed by atoms with E-state index in [4.69, 9.17) is 5.11 Å². The second-order valence-electron chi connectivity index (χ2n) is 4.48. The monoisotopic (exact) mass is 284 g/mol. The van der Waals surface area contributed by atoms with Crippen molar-refractivity contribution in [3.8, 4) is 11.8 Å². The van der Waals surface area contributed by atoms with Crippen molar-refractivity contribution in [3.05, 3.63) is 47.0 Å². The molecule has 0 aliphatic heterocycles. The molecule has 6 heteroatoms. The van der Waals surface area contributed by atoms with Crippen LogP contribution in [0.25, 0.3) is 0 Å². The van der Waals surface area contributed by atoms with Crippen molar-refractivity contribution in [1.82, 2.24) is 20.1 Å². The van der Waals surface area contributed by atoms with Gasteiger partial charge in [0.15, 0.2) is 5.82 Å². The number of hydrogen-bond acceptors (Lipinski definition) is 4. The maximum atomic E-state index is 12.2. The van der Waals surface area contributed by atoms with Crippen molar-refractivity contribution in [2.24, 2.45) is 7.05 Å². The van der Waals surface area contributed by atoms with Gasteiger partial charge in [-0.05, 0) is 24.6 Å². The molecule has 2 aromatic rings. The second-order valence-corrected chi connectivity index (χ2v) is 4.48. The summed E-state index contributed by atoms with van der Waals surface area (Å²) in [7, 11) is 1.82. The number of aliphatic hydroxyl groups is 1. The highest BCUT2D eigenvalue weighted by molar-refractivity contribution is 5.96. The van der Waals surface area contributed by atoms with E-state index < -0.39 is 0 Å². The first-order valence-corrected chi connectivity index (χ1v) is 6.44. The third kappa shape index (κ3) is 3.46. The molecule has 2 N–H and O–H groups in total. The fourth-order valence-corrected chi connectivity index (χ4v) is 1.87. The van der Waals surface area contributed by atoms with E-state index in [1.165, 1.54) is 0 Å². The van der Waals surface area contributed by atoms with E-state index in [1.54, 1.807) is 23.0 Å². The number of aromatic nitrogens is 3. The summed E-state index contributed by atoms with van der Waals surface area (Å²) in [4.78, 5) is 12.2. The van der Waals surface area contributed by atoms with Crippen LogP contribution < -0.4 is 5.32 Å². The molecule has 21 heavy (non-hydrogen) atoms. The zero-order valence-corrected chi connectivity index (χ0v) is 11.9. The lowest BCUT2D eigenvalue weighted by atomic mass is 10.0. The topological polar surface area (TPSA) is 80.0 Å². The Labute approximate surface area is 122 Å². The average molecular weight is 284 g/mol. The first-order valence-electron chi connectivity index (χ1n) is 6.44. The number of amides is 1. The highest BCUT2D eigenvalue weighted by Crippen LogP contribution is 2.13. The van der Waals surface area contributed by atoms with Crippen molar-refractivity contribution in [2.45, 2.75) is 13.5 Å². The summed E-state index contributed by atoms with van der Waals surface area (Å²) in [6, 6.07) is 5.33. The fourth-order valence-electron chi connectivity index (χ4n) is 1.87. The Morgan fingerprint density at radius 3 is 2.95 bits per heavy atom. The van der Waals surface area contributed by atoms with Crippen LogP contribution in [-0.2, 0) is 13.6 Å². The first-order chi connectivity index (χ1) is 10.1. The number of nitrogens with one attached hydrogen (secondary N) is 1. The normalized spacial score (nSPS) is 9.86. The molecule has 6 nitrogen and oxygen atoms in total. The lowest BCUT2D eigenvalue weighted by Gasteiger charge is -2.08. The van der Waals surface area contributed by atoms with Crippen molar-refractivity contribution >= 4 is 5.91 Å². The number of hydrogen-bond donors (Lipinski definition) is 2. The van der Waals surface area contributed by atoms with Crippen LogP contribution >= 0.6 is 0 Å². The standard InChI is InChI=1S/C15H16N4O2/c1-11-12(6-4-8-20)5-3-7-13(11)15(21)16-9-14-18-17-10-19(14)2/h3,5,7,10,20H,8-9H2,1-2H3,(H,16,21). The van der Waals surface area contributed by atoms with Gasteiger partial charge in [0, 0.05) is 18.2 Å². The summed E-state index contributed by atoms with van der Waals surface area (Å²) in [6.45, 7) is 1.93. The Balaban J connectivity index is 2.14. The molecule has 0 aliphatic carbocycles. The van der Waals surface area contributed by atoms with E-state index in [0.717, 1.165) is 11.1 Å². The van der Waals surface area contributed by atoms with E-state index >= 15 is 0 Å². The van der Waals surface area contributed by atoms with Gasteiger partial charge in [0.25, 0.3) is 5.91 Å². The van der Waals surface area contributed by atoms with Gasteiger partial charge in [-0.1, -0.05) is 17.9 Å². The molecule has 0 atom stereocenters. The molecule has 0 unspecified atom stereocenters. The summed E-state index contributed by atoms with van der Waals surface area (Å²) < 4.78 is 1.75. The van der Waals surface area contributed by atoms with Crippen molar-refractivity contribution < 1.29 is 9.90 Å². The maximum absolute atomic E-state index is 12.2. The van der Waals surface area contributed by atoms with Gasteiger partial charge >= 0.3 is 0 Å². The zero-order chi connectivity index (χ0) is 15.2. The van der Waals surface area contributed by atoms with Crippen LogP contribution in [0.2, 0.25) is 0 Å². The third-order valence-electron chi connectivity index (χ3n) is 3.09. The molecule has 0 radical (unpaired) electrons. The quantitative estimate of drug-likeness (QED) is 0.799. The minimum atomic E-state index is -0.206. The summed E-state index contributed by atoms with van der Waals surface area (Å²) in [5.41, 5.74) is 2.08.